The molecule has 0 atom stereocenters. The lowest BCUT2D eigenvalue weighted by Gasteiger charge is -2.31. The third-order valence-electron chi connectivity index (χ3n) is 2.69. The molecule has 3 nitrogen and oxygen atoms in total. The fourth-order valence-electron chi connectivity index (χ4n) is 1.98. The zero-order chi connectivity index (χ0) is 16.8. The minimum absolute atomic E-state index is 0. The third kappa shape index (κ3) is 9.62. The van der Waals surface area contributed by atoms with E-state index in [9.17, 15) is 0 Å². The summed E-state index contributed by atoms with van der Waals surface area (Å²) < 4.78 is 7.00. The summed E-state index contributed by atoms with van der Waals surface area (Å²) in [5.74, 6) is 0. The normalized spacial score (nSPS) is 10.0. The summed E-state index contributed by atoms with van der Waals surface area (Å²) in [6, 6.07) is 0. The van der Waals surface area contributed by atoms with Crippen molar-refractivity contribution in [1.82, 2.24) is 12.9 Å². The summed E-state index contributed by atoms with van der Waals surface area (Å²) in [5, 5.41) is 0. The van der Waals surface area contributed by atoms with Gasteiger partial charge >= 0.3 is 0 Å². The molecule has 0 aliphatic carbocycles. The molecule has 24 heavy (non-hydrogen) atoms. The van der Waals surface area contributed by atoms with E-state index in [0.717, 1.165) is 39.3 Å². The van der Waals surface area contributed by atoms with E-state index < -0.39 is 0 Å². The molecule has 0 rings (SSSR count). The van der Waals surface area contributed by atoms with E-state index in [1.807, 2.05) is 36.5 Å². The van der Waals surface area contributed by atoms with Gasteiger partial charge in [0.1, 0.15) is 0 Å². The average molecular weight is 360 g/mol. The molecule has 0 aromatic carbocycles. The molecule has 0 saturated carbocycles. The van der Waals surface area contributed by atoms with Crippen LogP contribution in [0.25, 0.3) is 0 Å². The highest BCUT2D eigenvalue weighted by Crippen LogP contribution is 2.18. The van der Waals surface area contributed by atoms with Crippen molar-refractivity contribution in [3.8, 4) is 0 Å². The maximum atomic E-state index is 3.88. The lowest BCUT2D eigenvalue weighted by Crippen LogP contribution is -3.00. The fraction of sp³-hybridized carbons (Fsp3) is 0.333. The number of hydrogen-bond acceptors (Lipinski definition) is 3. The largest absolute Gasteiger partial charge is 1.00 e. The summed E-state index contributed by atoms with van der Waals surface area (Å²) in [5.41, 5.74) is 0. The molecule has 0 amide bonds. The Hall–Kier alpha value is -1.47. The molecular formula is C18H31F2N3S. The molecule has 0 aromatic heterocycles. The van der Waals surface area contributed by atoms with E-state index in [1.54, 1.807) is 0 Å². The van der Waals surface area contributed by atoms with Gasteiger partial charge in [0.15, 0.2) is 0 Å². The van der Waals surface area contributed by atoms with Gasteiger partial charge in [-0.2, -0.15) is 0 Å². The van der Waals surface area contributed by atoms with Gasteiger partial charge in [-0.1, -0.05) is 49.4 Å². The first-order valence-corrected chi connectivity index (χ1v) is 8.44. The number of rotatable bonds is 15. The highest BCUT2D eigenvalue weighted by atomic mass is 32.2. The smallest absolute Gasteiger partial charge is 0.269 e. The molecule has 0 saturated heterocycles. The van der Waals surface area contributed by atoms with Gasteiger partial charge in [-0.05, 0) is 0 Å². The van der Waals surface area contributed by atoms with Crippen LogP contribution in [0, 0.1) is 0 Å². The van der Waals surface area contributed by atoms with Crippen molar-refractivity contribution in [1.29, 1.82) is 0 Å². The van der Waals surface area contributed by atoms with Crippen molar-refractivity contribution >= 4 is 11.5 Å². The predicted molar refractivity (Wildman–Crippen MR) is 106 cm³/mol. The van der Waals surface area contributed by atoms with Gasteiger partial charge in [0.05, 0.1) is 39.3 Å². The second-order valence-corrected chi connectivity index (χ2v) is 6.56. The summed E-state index contributed by atoms with van der Waals surface area (Å²) in [4.78, 5) is 0. The minimum Gasteiger partial charge on any atom is -1.00 e. The van der Waals surface area contributed by atoms with Crippen LogP contribution in [-0.4, -0.2) is 52.2 Å². The zero-order valence-electron chi connectivity index (χ0n) is 14.5. The highest BCUT2D eigenvalue weighted by Gasteiger charge is 2.40. The molecule has 0 unspecified atom stereocenters. The van der Waals surface area contributed by atoms with E-state index in [1.165, 1.54) is 0 Å². The third-order valence-corrected chi connectivity index (χ3v) is 4.97. The Kier molecular flexibility index (Phi) is 20.4. The Morgan fingerprint density at radius 1 is 0.500 bits per heavy atom. The molecule has 0 fully saturated rings. The Bertz CT molecular complexity index is 301. The molecule has 138 valence electrons. The van der Waals surface area contributed by atoms with Gasteiger partial charge in [-0.15, -0.1) is 39.5 Å². The molecule has 0 spiro atoms. The zero-order valence-corrected chi connectivity index (χ0v) is 15.3. The van der Waals surface area contributed by atoms with Crippen molar-refractivity contribution in [3.05, 3.63) is 75.9 Å². The van der Waals surface area contributed by atoms with Crippen LogP contribution in [0.1, 0.15) is 0 Å². The summed E-state index contributed by atoms with van der Waals surface area (Å²) >= 11 is -0.265. The standard InChI is InChI=1S/C18H30N3S.2FH/c1-7-13-19(14-8-2)22(20(15-9-3)16-10-4)21(17-11-5)18-12-6;;/h7-12H,1-6,13-18H2;2*1H/q+1;;/p-1. The van der Waals surface area contributed by atoms with Gasteiger partial charge in [-0.3, -0.25) is 4.70 Å². The number of hydrogen-bond donors (Lipinski definition) is 0. The minimum atomic E-state index is -0.265. The maximum Gasteiger partial charge on any atom is 0.269 e. The summed E-state index contributed by atoms with van der Waals surface area (Å²) in [6.07, 6.45) is 11.5. The Morgan fingerprint density at radius 2 is 0.667 bits per heavy atom. The first-order valence-electron chi connectivity index (χ1n) is 7.34. The van der Waals surface area contributed by atoms with Crippen LogP contribution >= 0.6 is 0 Å². The van der Waals surface area contributed by atoms with Gasteiger partial charge in [0.25, 0.3) is 11.5 Å². The van der Waals surface area contributed by atoms with Gasteiger partial charge < -0.3 is 4.70 Å². The molecule has 6 heteroatoms. The van der Waals surface area contributed by atoms with E-state index >= 15 is 0 Å². The van der Waals surface area contributed by atoms with Crippen LogP contribution in [0.2, 0.25) is 0 Å². The molecule has 0 aromatic rings. The van der Waals surface area contributed by atoms with E-state index in [0.29, 0.717) is 0 Å². The monoisotopic (exact) mass is 359 g/mol. The maximum absolute atomic E-state index is 3.88. The Balaban J connectivity index is -0.00000220. The fourth-order valence-corrected chi connectivity index (χ4v) is 4.39. The highest BCUT2D eigenvalue weighted by molar-refractivity contribution is 7.90. The SMILES string of the molecule is C=CCN(CC=C)[S+](N(CC=C)CC=C)N(CC=C)CC=C.F.[F-]. The Labute approximate surface area is 149 Å². The second kappa shape index (κ2) is 17.9. The molecule has 0 aliphatic heterocycles. The van der Waals surface area contributed by atoms with Crippen LogP contribution < -0.4 is 4.70 Å². The molecule has 0 heterocycles. The van der Waals surface area contributed by atoms with Crippen LogP contribution in [0.5, 0.6) is 0 Å². The van der Waals surface area contributed by atoms with E-state index in [4.69, 9.17) is 0 Å². The van der Waals surface area contributed by atoms with Crippen LogP contribution in [-0.2, 0) is 11.5 Å². The average Bonchev–Trinajstić information content (AvgIpc) is 2.49. The van der Waals surface area contributed by atoms with Crippen LogP contribution in [0.15, 0.2) is 75.9 Å². The van der Waals surface area contributed by atoms with Gasteiger partial charge in [0.2, 0.25) is 0 Å². The van der Waals surface area contributed by atoms with E-state index in [-0.39, 0.29) is 20.9 Å². The van der Waals surface area contributed by atoms with Crippen LogP contribution in [0.4, 0.5) is 4.70 Å². The lowest BCUT2D eigenvalue weighted by atomic mass is 10.5. The number of nitrogens with zero attached hydrogens (tertiary/aromatic N) is 3. The number of halogens is 2. The lowest BCUT2D eigenvalue weighted by molar-refractivity contribution is -0.00000556. The first kappa shape index (κ1) is 27.4. The van der Waals surface area contributed by atoms with Crippen molar-refractivity contribution in [2.75, 3.05) is 39.3 Å². The van der Waals surface area contributed by atoms with Crippen molar-refractivity contribution in [2.24, 2.45) is 0 Å². The van der Waals surface area contributed by atoms with Crippen molar-refractivity contribution in [3.63, 3.8) is 0 Å². The van der Waals surface area contributed by atoms with Gasteiger partial charge in [-0.25, -0.2) is 0 Å². The van der Waals surface area contributed by atoms with Crippen molar-refractivity contribution < 1.29 is 9.41 Å². The van der Waals surface area contributed by atoms with E-state index in [2.05, 4.69) is 52.4 Å². The summed E-state index contributed by atoms with van der Waals surface area (Å²) in [7, 11) is 0. The molecule has 0 radical (unpaired) electrons. The van der Waals surface area contributed by atoms with Gasteiger partial charge in [0, 0.05) is 0 Å². The second-order valence-electron chi connectivity index (χ2n) is 4.52. The predicted octanol–water partition coefficient (Wildman–Crippen LogP) is 0.528. The topological polar surface area (TPSA) is 9.72 Å². The van der Waals surface area contributed by atoms with Crippen LogP contribution in [0.3, 0.4) is 0 Å². The molecule has 0 aliphatic rings. The first-order chi connectivity index (χ1) is 10.7. The summed E-state index contributed by atoms with van der Waals surface area (Å²) in [6.45, 7) is 28.0. The van der Waals surface area contributed by atoms with Crippen molar-refractivity contribution in [2.45, 2.75) is 0 Å². The Morgan fingerprint density at radius 3 is 0.792 bits per heavy atom. The molecule has 0 N–H and O–H groups in total. The molecule has 0 bridgehead atoms. The molecular weight excluding hydrogens is 328 g/mol. The quantitative estimate of drug-likeness (QED) is 0.312.